The Morgan fingerprint density at radius 2 is 1.97 bits per heavy atom. The largest absolute Gasteiger partial charge is 0.346 e. The van der Waals surface area contributed by atoms with Crippen molar-refractivity contribution in [2.24, 2.45) is 17.6 Å². The monoisotopic (exact) mass is 424 g/mol. The average molecular weight is 425 g/mol. The first kappa shape index (κ1) is 24.9. The first-order valence-corrected chi connectivity index (χ1v) is 9.92. The molecule has 7 nitrogen and oxygen atoms in total. The number of halogens is 1. The topological polar surface area (TPSA) is 105 Å². The van der Waals surface area contributed by atoms with Gasteiger partial charge in [-0.2, -0.15) is 0 Å². The van der Waals surface area contributed by atoms with E-state index in [9.17, 15) is 14.4 Å². The van der Waals surface area contributed by atoms with Crippen LogP contribution in [0.25, 0.3) is 0 Å². The lowest BCUT2D eigenvalue weighted by Gasteiger charge is -2.31. The van der Waals surface area contributed by atoms with Gasteiger partial charge in [-0.1, -0.05) is 20.8 Å². The fourth-order valence-electron chi connectivity index (χ4n) is 3.28. The van der Waals surface area contributed by atoms with E-state index in [-0.39, 0.29) is 42.6 Å². The van der Waals surface area contributed by atoms with E-state index in [0.717, 1.165) is 31.5 Å². The van der Waals surface area contributed by atoms with Crippen LogP contribution in [0.4, 0.5) is 5.69 Å². The van der Waals surface area contributed by atoms with Crippen molar-refractivity contribution in [2.45, 2.75) is 46.6 Å². The van der Waals surface area contributed by atoms with Crippen LogP contribution >= 0.6 is 12.4 Å². The molecule has 3 amide bonds. The summed E-state index contributed by atoms with van der Waals surface area (Å²) in [5.74, 6) is -0.132. The quantitative estimate of drug-likeness (QED) is 0.651. The minimum Gasteiger partial charge on any atom is -0.346 e. The van der Waals surface area contributed by atoms with E-state index < -0.39 is 6.04 Å². The Bertz CT molecular complexity index is 739. The zero-order chi connectivity index (χ0) is 20.8. The fraction of sp³-hybridized carbons (Fsp3) is 0.571. The standard InChI is InChI=1S/C21H32N4O3.ClH/c1-13(2)19(22)20(27)23-11-18(26)24-17-8-7-16(10-15(17)4)21(28)25-9-5-6-14(3)12-25;/h7-8,10,13-14,19H,5-6,9,11-12,22H2,1-4H3,(H,23,27)(H,24,26);1H/t14?,19-;/m0./s1. The van der Waals surface area contributed by atoms with E-state index in [4.69, 9.17) is 5.73 Å². The first-order valence-electron chi connectivity index (χ1n) is 9.92. The molecular weight excluding hydrogens is 392 g/mol. The summed E-state index contributed by atoms with van der Waals surface area (Å²) < 4.78 is 0. The van der Waals surface area contributed by atoms with E-state index in [0.29, 0.717) is 17.2 Å². The summed E-state index contributed by atoms with van der Waals surface area (Å²) in [7, 11) is 0. The van der Waals surface area contributed by atoms with Crippen molar-refractivity contribution in [1.82, 2.24) is 10.2 Å². The molecular formula is C21H33ClN4O3. The Morgan fingerprint density at radius 3 is 2.55 bits per heavy atom. The number of anilines is 1. The van der Waals surface area contributed by atoms with Gasteiger partial charge in [0.15, 0.2) is 0 Å². The molecule has 0 radical (unpaired) electrons. The van der Waals surface area contributed by atoms with Gasteiger partial charge in [0.1, 0.15) is 0 Å². The molecule has 8 heteroatoms. The lowest BCUT2D eigenvalue weighted by atomic mass is 9.99. The third kappa shape index (κ3) is 7.01. The molecule has 0 spiro atoms. The highest BCUT2D eigenvalue weighted by Crippen LogP contribution is 2.21. The summed E-state index contributed by atoms with van der Waals surface area (Å²) in [6.45, 7) is 9.13. The molecule has 0 saturated carbocycles. The number of aryl methyl sites for hydroxylation is 1. The van der Waals surface area contributed by atoms with Crippen molar-refractivity contribution in [3.63, 3.8) is 0 Å². The number of carbonyl (C=O) groups excluding carboxylic acids is 3. The Balaban J connectivity index is 0.00000420. The van der Waals surface area contributed by atoms with Gasteiger partial charge in [0.2, 0.25) is 11.8 Å². The minimum atomic E-state index is -0.641. The predicted molar refractivity (Wildman–Crippen MR) is 117 cm³/mol. The van der Waals surface area contributed by atoms with E-state index in [1.54, 1.807) is 18.2 Å². The maximum absolute atomic E-state index is 12.7. The van der Waals surface area contributed by atoms with Crippen molar-refractivity contribution in [3.8, 4) is 0 Å². The van der Waals surface area contributed by atoms with Crippen LogP contribution in [0, 0.1) is 18.8 Å². The highest BCUT2D eigenvalue weighted by Gasteiger charge is 2.22. The first-order chi connectivity index (χ1) is 13.2. The number of nitrogens with two attached hydrogens (primary N) is 1. The zero-order valence-corrected chi connectivity index (χ0v) is 18.5. The minimum absolute atomic E-state index is 0. The third-order valence-electron chi connectivity index (χ3n) is 5.14. The number of benzene rings is 1. The van der Waals surface area contributed by atoms with Gasteiger partial charge >= 0.3 is 0 Å². The number of hydrogen-bond acceptors (Lipinski definition) is 4. The number of nitrogens with one attached hydrogen (secondary N) is 2. The highest BCUT2D eigenvalue weighted by molar-refractivity contribution is 5.98. The van der Waals surface area contributed by atoms with Crippen LogP contribution in [0.3, 0.4) is 0 Å². The van der Waals surface area contributed by atoms with Gasteiger partial charge in [-0.15, -0.1) is 12.4 Å². The van der Waals surface area contributed by atoms with E-state index in [2.05, 4.69) is 17.6 Å². The van der Waals surface area contributed by atoms with Crippen molar-refractivity contribution < 1.29 is 14.4 Å². The Hall–Kier alpha value is -2.12. The Kier molecular flexibility index (Phi) is 9.59. The normalized spacial score (nSPS) is 17.3. The molecule has 2 atom stereocenters. The second-order valence-corrected chi connectivity index (χ2v) is 8.06. The van der Waals surface area contributed by atoms with Gasteiger partial charge in [0, 0.05) is 24.3 Å². The van der Waals surface area contributed by atoms with Crippen LogP contribution < -0.4 is 16.4 Å². The van der Waals surface area contributed by atoms with Crippen LogP contribution in [0.15, 0.2) is 18.2 Å². The number of piperidine rings is 1. The Labute approximate surface area is 179 Å². The smallest absolute Gasteiger partial charge is 0.253 e. The molecule has 29 heavy (non-hydrogen) atoms. The molecule has 1 saturated heterocycles. The SMILES string of the molecule is Cc1cc(C(=O)N2CCCC(C)C2)ccc1NC(=O)CNC(=O)[C@@H](N)C(C)C.Cl. The molecule has 0 aromatic heterocycles. The number of amides is 3. The fourth-order valence-corrected chi connectivity index (χ4v) is 3.28. The molecule has 162 valence electrons. The van der Waals surface area contributed by atoms with Crippen LogP contribution in [-0.2, 0) is 9.59 Å². The summed E-state index contributed by atoms with van der Waals surface area (Å²) in [5.41, 5.74) is 7.81. The van der Waals surface area contributed by atoms with Gasteiger partial charge in [-0.3, -0.25) is 14.4 Å². The Morgan fingerprint density at radius 1 is 1.28 bits per heavy atom. The molecule has 1 fully saturated rings. The van der Waals surface area contributed by atoms with E-state index in [1.807, 2.05) is 25.7 Å². The number of carbonyl (C=O) groups is 3. The molecule has 1 unspecified atom stereocenters. The van der Waals surface area contributed by atoms with Crippen molar-refractivity contribution >= 4 is 35.8 Å². The average Bonchev–Trinajstić information content (AvgIpc) is 2.66. The van der Waals surface area contributed by atoms with Gasteiger partial charge in [0.25, 0.3) is 5.91 Å². The maximum atomic E-state index is 12.7. The summed E-state index contributed by atoms with van der Waals surface area (Å²) in [6, 6.07) is 4.62. The zero-order valence-electron chi connectivity index (χ0n) is 17.7. The summed E-state index contributed by atoms with van der Waals surface area (Å²) in [5, 5.41) is 5.31. The predicted octanol–water partition coefficient (Wildman–Crippen LogP) is 2.33. The van der Waals surface area contributed by atoms with Crippen molar-refractivity contribution in [3.05, 3.63) is 29.3 Å². The van der Waals surface area contributed by atoms with Gasteiger partial charge in [-0.25, -0.2) is 0 Å². The summed E-state index contributed by atoms with van der Waals surface area (Å²) >= 11 is 0. The molecule has 1 aliphatic heterocycles. The molecule has 4 N–H and O–H groups in total. The molecule has 0 aliphatic carbocycles. The highest BCUT2D eigenvalue weighted by atomic mass is 35.5. The molecule has 1 aromatic rings. The van der Waals surface area contributed by atoms with Gasteiger partial charge in [0.05, 0.1) is 12.6 Å². The van der Waals surface area contributed by atoms with Crippen LogP contribution in [0.1, 0.15) is 49.5 Å². The molecule has 1 aromatic carbocycles. The second kappa shape index (κ2) is 11.2. The van der Waals surface area contributed by atoms with E-state index in [1.165, 1.54) is 0 Å². The second-order valence-electron chi connectivity index (χ2n) is 8.06. The third-order valence-corrected chi connectivity index (χ3v) is 5.14. The van der Waals surface area contributed by atoms with Gasteiger partial charge < -0.3 is 21.3 Å². The van der Waals surface area contributed by atoms with Crippen LogP contribution in [0.2, 0.25) is 0 Å². The molecule has 0 bridgehead atoms. The summed E-state index contributed by atoms with van der Waals surface area (Å²) in [6.07, 6.45) is 2.19. The number of likely N-dealkylation sites (tertiary alicyclic amines) is 1. The maximum Gasteiger partial charge on any atom is 0.253 e. The lowest BCUT2D eigenvalue weighted by Crippen LogP contribution is -2.46. The molecule has 1 aliphatic rings. The number of hydrogen-bond donors (Lipinski definition) is 3. The van der Waals surface area contributed by atoms with Crippen molar-refractivity contribution in [1.29, 1.82) is 0 Å². The van der Waals surface area contributed by atoms with Crippen molar-refractivity contribution in [2.75, 3.05) is 25.0 Å². The summed E-state index contributed by atoms with van der Waals surface area (Å²) in [4.78, 5) is 38.6. The van der Waals surface area contributed by atoms with Crippen LogP contribution in [-0.4, -0.2) is 48.3 Å². The number of rotatable bonds is 6. The molecule has 2 rings (SSSR count). The molecule has 1 heterocycles. The number of nitrogens with zero attached hydrogens (tertiary/aromatic N) is 1. The van der Waals surface area contributed by atoms with E-state index >= 15 is 0 Å². The van der Waals surface area contributed by atoms with Crippen LogP contribution in [0.5, 0.6) is 0 Å². The van der Waals surface area contributed by atoms with Gasteiger partial charge in [-0.05, 0) is 55.4 Å². The lowest BCUT2D eigenvalue weighted by molar-refractivity contribution is -0.125.